The first-order chi connectivity index (χ1) is 25.1. The Kier molecular flexibility index (Phi) is 9.79. The van der Waals surface area contributed by atoms with E-state index in [0.29, 0.717) is 43.9 Å². The number of fused-ring (bicyclic) bond motifs is 1. The van der Waals surface area contributed by atoms with Crippen molar-refractivity contribution < 1.29 is 41.0 Å². The number of H-pyrrole nitrogens is 1. The zero-order valence-electron chi connectivity index (χ0n) is 28.9. The molecule has 2 saturated carbocycles. The second-order valence-corrected chi connectivity index (χ2v) is 14.7. The highest BCUT2D eigenvalue weighted by Crippen LogP contribution is 2.52. The Morgan fingerprint density at radius 1 is 0.925 bits per heavy atom. The predicted octanol–water partition coefficient (Wildman–Crippen LogP) is 6.86. The predicted molar refractivity (Wildman–Crippen MR) is 182 cm³/mol. The summed E-state index contributed by atoms with van der Waals surface area (Å²) in [5.74, 6) is -2.06. The molecule has 3 heterocycles. The number of aryl methyl sites for hydroxylation is 1. The molecule has 0 unspecified atom stereocenters. The van der Waals surface area contributed by atoms with Gasteiger partial charge in [-0.15, -0.1) is 0 Å². The van der Waals surface area contributed by atoms with Gasteiger partial charge in [0.2, 0.25) is 5.91 Å². The zero-order chi connectivity index (χ0) is 37.7. The number of benzene rings is 2. The van der Waals surface area contributed by atoms with Gasteiger partial charge in [-0.1, -0.05) is 42.5 Å². The molecule has 0 radical (unpaired) electrons. The molecule has 2 aromatic carbocycles. The van der Waals surface area contributed by atoms with E-state index in [1.165, 1.54) is 11.0 Å². The molecular formula is C39H40F6N4O4. The fraction of sp³-hybridized carbons (Fsp3) is 0.487. The number of nitrogens with zero attached hydrogens (tertiary/aromatic N) is 3. The Labute approximate surface area is 301 Å². The van der Waals surface area contributed by atoms with Crippen molar-refractivity contribution in [3.05, 3.63) is 104 Å². The molecule has 4 aliphatic rings. The Morgan fingerprint density at radius 3 is 2.32 bits per heavy atom. The third-order valence-corrected chi connectivity index (χ3v) is 11.4. The van der Waals surface area contributed by atoms with Crippen molar-refractivity contribution in [2.24, 2.45) is 11.8 Å². The number of nitrogens with one attached hydrogen (secondary N) is 1. The summed E-state index contributed by atoms with van der Waals surface area (Å²) in [7, 11) is 0. The van der Waals surface area contributed by atoms with E-state index in [2.05, 4.69) is 11.1 Å². The monoisotopic (exact) mass is 742 g/mol. The number of halogens is 6. The van der Waals surface area contributed by atoms with Gasteiger partial charge in [0.15, 0.2) is 6.10 Å². The van der Waals surface area contributed by atoms with Crippen LogP contribution in [0, 0.1) is 11.8 Å². The number of carbonyl (C=O) groups excluding carboxylic acids is 2. The lowest BCUT2D eigenvalue weighted by molar-refractivity contribution is -0.185. The summed E-state index contributed by atoms with van der Waals surface area (Å²) in [6.45, 7) is 0.913. The lowest BCUT2D eigenvalue weighted by Crippen LogP contribution is -2.41. The van der Waals surface area contributed by atoms with Crippen LogP contribution in [0.15, 0.2) is 59.4 Å². The number of alkyl halides is 6. The normalized spacial score (nSPS) is 22.4. The molecule has 3 aromatic rings. The largest absolute Gasteiger partial charge is 0.416 e. The summed E-state index contributed by atoms with van der Waals surface area (Å²) in [6.07, 6.45) is -5.25. The second-order valence-electron chi connectivity index (χ2n) is 14.7. The number of aromatic nitrogens is 2. The maximum absolute atomic E-state index is 13.6. The fourth-order valence-electron chi connectivity index (χ4n) is 8.10. The molecule has 0 bridgehead atoms. The molecule has 0 spiro atoms. The third kappa shape index (κ3) is 7.52. The summed E-state index contributed by atoms with van der Waals surface area (Å²) >= 11 is 0. The number of carbonyl (C=O) groups is 2. The molecule has 282 valence electrons. The molecule has 2 aliphatic heterocycles. The van der Waals surface area contributed by atoms with Gasteiger partial charge in [0.1, 0.15) is 5.82 Å². The van der Waals surface area contributed by atoms with Gasteiger partial charge in [0.05, 0.1) is 34.7 Å². The van der Waals surface area contributed by atoms with Gasteiger partial charge in [-0.05, 0) is 92.2 Å². The highest BCUT2D eigenvalue weighted by Gasteiger charge is 2.49. The Bertz CT molecular complexity index is 1980. The average Bonchev–Trinajstić information content (AvgIpc) is 3.99. The van der Waals surface area contributed by atoms with E-state index in [9.17, 15) is 45.8 Å². The van der Waals surface area contributed by atoms with E-state index < -0.39 is 46.8 Å². The van der Waals surface area contributed by atoms with Crippen LogP contribution in [0.5, 0.6) is 0 Å². The maximum atomic E-state index is 13.6. The minimum absolute atomic E-state index is 0.0116. The summed E-state index contributed by atoms with van der Waals surface area (Å²) in [4.78, 5) is 50.9. The van der Waals surface area contributed by atoms with Crippen molar-refractivity contribution in [1.29, 1.82) is 0 Å². The van der Waals surface area contributed by atoms with Crippen molar-refractivity contribution in [2.45, 2.75) is 88.2 Å². The topological polar surface area (TPSA) is 107 Å². The highest BCUT2D eigenvalue weighted by atomic mass is 19.4. The number of hydrogen-bond acceptors (Lipinski definition) is 5. The number of aliphatic hydroxyl groups excluding tert-OH is 1. The first-order valence-electron chi connectivity index (χ1n) is 18.1. The molecule has 1 aromatic heterocycles. The lowest BCUT2D eigenvalue weighted by atomic mass is 9.81. The van der Waals surface area contributed by atoms with Gasteiger partial charge in [-0.25, -0.2) is 4.98 Å². The standard InChI is InChI=1S/C39H40F6N4O4/c40-38(41,42)27-11-9-24(10-12-27)34(52)48-18-13-23(14-19-48)25-4-1-6-28(20-25)37(15-16-37)36-46-31-8-3-17-49(22-30(31)33(51)47-36)35(53)32(50)26-5-2-7-29(21-26)39(43,44)45/h1-2,4-7,13,20-21,24,27,32,50H,3,8-12,14-19,22H2,(H,46,47,51)/t24?,27?,32-/m1/s1. The van der Waals surface area contributed by atoms with Crippen molar-refractivity contribution in [3.8, 4) is 0 Å². The average molecular weight is 743 g/mol. The van der Waals surface area contributed by atoms with Gasteiger partial charge >= 0.3 is 12.4 Å². The molecule has 0 saturated heterocycles. The Balaban J connectivity index is 1.04. The Morgan fingerprint density at radius 2 is 1.66 bits per heavy atom. The number of aliphatic hydroxyl groups is 1. The van der Waals surface area contributed by atoms with Gasteiger partial charge in [0, 0.05) is 25.6 Å². The molecular weight excluding hydrogens is 702 g/mol. The lowest BCUT2D eigenvalue weighted by Gasteiger charge is -2.34. The van der Waals surface area contributed by atoms with Gasteiger partial charge in [0.25, 0.3) is 11.5 Å². The van der Waals surface area contributed by atoms with E-state index in [1.54, 1.807) is 4.90 Å². The van der Waals surface area contributed by atoms with Gasteiger partial charge in [-0.2, -0.15) is 26.3 Å². The van der Waals surface area contributed by atoms with E-state index in [1.807, 2.05) is 24.3 Å². The fourth-order valence-corrected chi connectivity index (χ4v) is 8.10. The van der Waals surface area contributed by atoms with Crippen LogP contribution in [-0.4, -0.2) is 62.5 Å². The third-order valence-electron chi connectivity index (χ3n) is 11.4. The van der Waals surface area contributed by atoms with Crippen LogP contribution in [-0.2, 0) is 34.1 Å². The molecule has 2 fully saturated rings. The molecule has 2 aliphatic carbocycles. The quantitative estimate of drug-likeness (QED) is 0.269. The Hall–Kier alpha value is -4.46. The van der Waals surface area contributed by atoms with Gasteiger partial charge < -0.3 is 19.9 Å². The van der Waals surface area contributed by atoms with Crippen LogP contribution < -0.4 is 5.56 Å². The van der Waals surface area contributed by atoms with E-state index in [4.69, 9.17) is 4.98 Å². The number of hydrogen-bond donors (Lipinski definition) is 2. The van der Waals surface area contributed by atoms with Crippen LogP contribution >= 0.6 is 0 Å². The molecule has 1 atom stereocenters. The molecule has 8 nitrogen and oxygen atoms in total. The number of aromatic amines is 1. The minimum atomic E-state index is -4.64. The summed E-state index contributed by atoms with van der Waals surface area (Å²) in [6, 6.07) is 12.0. The van der Waals surface area contributed by atoms with Crippen molar-refractivity contribution in [1.82, 2.24) is 19.8 Å². The van der Waals surface area contributed by atoms with Crippen LogP contribution in [0.2, 0.25) is 0 Å². The summed E-state index contributed by atoms with van der Waals surface area (Å²) < 4.78 is 79.1. The second kappa shape index (κ2) is 14.1. The number of amides is 2. The molecule has 53 heavy (non-hydrogen) atoms. The van der Waals surface area contributed by atoms with E-state index in [0.717, 1.165) is 47.7 Å². The molecule has 2 amide bonds. The first-order valence-corrected chi connectivity index (χ1v) is 18.1. The SMILES string of the molecule is O=C(C1CCC(C(F)(F)F)CC1)N1CC=C(c2cccc(C3(c4nc5c(c(=O)[nH]4)CN(C(=O)[C@H](O)c4cccc(C(F)(F)F)c4)CCC5)CC3)c2)CC1. The smallest absolute Gasteiger partial charge is 0.378 e. The molecule has 14 heteroatoms. The summed E-state index contributed by atoms with van der Waals surface area (Å²) in [5, 5.41) is 10.8. The first kappa shape index (κ1) is 36.9. The highest BCUT2D eigenvalue weighted by molar-refractivity contribution is 5.82. The van der Waals surface area contributed by atoms with E-state index in [-0.39, 0.29) is 61.7 Å². The van der Waals surface area contributed by atoms with Crippen LogP contribution in [0.4, 0.5) is 26.3 Å². The maximum Gasteiger partial charge on any atom is 0.416 e. The van der Waals surface area contributed by atoms with Crippen molar-refractivity contribution in [3.63, 3.8) is 0 Å². The van der Waals surface area contributed by atoms with Crippen LogP contribution in [0.25, 0.3) is 5.57 Å². The molecule has 2 N–H and O–H groups in total. The van der Waals surface area contributed by atoms with E-state index >= 15 is 0 Å². The summed E-state index contributed by atoms with van der Waals surface area (Å²) in [5.41, 5.74) is 1.76. The van der Waals surface area contributed by atoms with Gasteiger partial charge in [-0.3, -0.25) is 14.4 Å². The minimum Gasteiger partial charge on any atom is -0.378 e. The number of rotatable bonds is 6. The van der Waals surface area contributed by atoms with Crippen molar-refractivity contribution in [2.75, 3.05) is 19.6 Å². The van der Waals surface area contributed by atoms with Crippen LogP contribution in [0.1, 0.15) is 96.8 Å². The van der Waals surface area contributed by atoms with Crippen molar-refractivity contribution >= 4 is 17.4 Å². The van der Waals surface area contributed by atoms with Crippen LogP contribution in [0.3, 0.4) is 0 Å². The molecule has 7 rings (SSSR count). The zero-order valence-corrected chi connectivity index (χ0v) is 28.9.